The largest absolute Gasteiger partial charge is 0.397 e. The number of nitrogens with one attached hydrogen (secondary N) is 1. The van der Waals surface area contributed by atoms with Crippen molar-refractivity contribution in [3.8, 4) is 0 Å². The van der Waals surface area contributed by atoms with E-state index in [0.29, 0.717) is 0 Å². The smallest absolute Gasteiger partial charge is 0.0571 e. The van der Waals surface area contributed by atoms with Gasteiger partial charge in [0.05, 0.1) is 11.2 Å². The summed E-state index contributed by atoms with van der Waals surface area (Å²) >= 11 is 0. The summed E-state index contributed by atoms with van der Waals surface area (Å²) in [6.07, 6.45) is 1.84. The molecule has 1 aromatic carbocycles. The van der Waals surface area contributed by atoms with E-state index < -0.39 is 0 Å². The Labute approximate surface area is 71.4 Å². The van der Waals surface area contributed by atoms with E-state index in [1.807, 2.05) is 6.20 Å². The van der Waals surface area contributed by atoms with Crippen molar-refractivity contribution in [2.75, 3.05) is 5.73 Å². The topological polar surface area (TPSA) is 41.8 Å². The van der Waals surface area contributed by atoms with Crippen molar-refractivity contribution in [1.29, 1.82) is 0 Å². The highest BCUT2D eigenvalue weighted by atomic mass is 14.7. The standard InChI is InChI=1S/C10H12N2/c1-6-3-4-8-9(11)5-12-10(8)7(6)2/h3-5,12H,11H2,1-2H3. The average molecular weight is 160 g/mol. The van der Waals surface area contributed by atoms with E-state index in [9.17, 15) is 0 Å². The molecule has 2 nitrogen and oxygen atoms in total. The van der Waals surface area contributed by atoms with Crippen molar-refractivity contribution in [2.45, 2.75) is 13.8 Å². The Morgan fingerprint density at radius 3 is 2.75 bits per heavy atom. The Bertz CT molecular complexity index is 427. The summed E-state index contributed by atoms with van der Waals surface area (Å²) in [6, 6.07) is 4.16. The van der Waals surface area contributed by atoms with Gasteiger partial charge in [0.2, 0.25) is 0 Å². The lowest BCUT2D eigenvalue weighted by molar-refractivity contribution is 1.34. The third-order valence-electron chi connectivity index (χ3n) is 2.42. The highest BCUT2D eigenvalue weighted by Crippen LogP contribution is 2.24. The lowest BCUT2D eigenvalue weighted by atomic mass is 10.1. The first-order chi connectivity index (χ1) is 5.70. The third kappa shape index (κ3) is 0.811. The van der Waals surface area contributed by atoms with Gasteiger partial charge in [0, 0.05) is 11.6 Å². The molecule has 12 heavy (non-hydrogen) atoms. The van der Waals surface area contributed by atoms with E-state index in [-0.39, 0.29) is 0 Å². The molecule has 2 rings (SSSR count). The molecular formula is C10H12N2. The number of hydrogen-bond acceptors (Lipinski definition) is 1. The lowest BCUT2D eigenvalue weighted by Gasteiger charge is -2.00. The second-order valence-corrected chi connectivity index (χ2v) is 3.17. The fourth-order valence-corrected chi connectivity index (χ4v) is 1.47. The number of hydrogen-bond donors (Lipinski definition) is 2. The maximum atomic E-state index is 5.76. The summed E-state index contributed by atoms with van der Waals surface area (Å²) in [6.45, 7) is 4.21. The van der Waals surface area contributed by atoms with Gasteiger partial charge in [-0.1, -0.05) is 12.1 Å². The van der Waals surface area contributed by atoms with E-state index in [0.717, 1.165) is 16.6 Å². The predicted octanol–water partition coefficient (Wildman–Crippen LogP) is 2.37. The van der Waals surface area contributed by atoms with Gasteiger partial charge in [-0.3, -0.25) is 0 Å². The van der Waals surface area contributed by atoms with Crippen LogP contribution in [0.1, 0.15) is 11.1 Å². The molecule has 2 heteroatoms. The molecule has 0 amide bonds. The number of aryl methyl sites for hydroxylation is 2. The number of nitrogen functional groups attached to an aromatic ring is 1. The molecule has 62 valence electrons. The maximum Gasteiger partial charge on any atom is 0.0571 e. The zero-order valence-electron chi connectivity index (χ0n) is 7.31. The number of benzene rings is 1. The fourth-order valence-electron chi connectivity index (χ4n) is 1.47. The molecule has 0 radical (unpaired) electrons. The molecule has 0 aliphatic rings. The molecule has 0 spiro atoms. The average Bonchev–Trinajstić information content (AvgIpc) is 2.41. The van der Waals surface area contributed by atoms with Gasteiger partial charge in [-0.2, -0.15) is 0 Å². The molecule has 0 unspecified atom stereocenters. The van der Waals surface area contributed by atoms with Gasteiger partial charge in [0.15, 0.2) is 0 Å². The SMILES string of the molecule is Cc1ccc2c(N)c[nH]c2c1C. The van der Waals surface area contributed by atoms with Crippen molar-refractivity contribution >= 4 is 16.6 Å². The molecule has 0 aliphatic carbocycles. The van der Waals surface area contributed by atoms with Crippen LogP contribution in [-0.2, 0) is 0 Å². The molecule has 0 aliphatic heterocycles. The van der Waals surface area contributed by atoms with Crippen molar-refractivity contribution in [2.24, 2.45) is 0 Å². The molecule has 0 saturated carbocycles. The number of rotatable bonds is 0. The van der Waals surface area contributed by atoms with E-state index in [4.69, 9.17) is 5.73 Å². The monoisotopic (exact) mass is 160 g/mol. The van der Waals surface area contributed by atoms with Gasteiger partial charge in [0.1, 0.15) is 0 Å². The number of anilines is 1. The summed E-state index contributed by atoms with van der Waals surface area (Å²) in [5, 5.41) is 1.12. The van der Waals surface area contributed by atoms with Crippen LogP contribution in [0.15, 0.2) is 18.3 Å². The molecule has 0 bridgehead atoms. The van der Waals surface area contributed by atoms with Crippen LogP contribution in [0.5, 0.6) is 0 Å². The van der Waals surface area contributed by atoms with Crippen LogP contribution >= 0.6 is 0 Å². The molecular weight excluding hydrogens is 148 g/mol. The van der Waals surface area contributed by atoms with Crippen LogP contribution in [0.3, 0.4) is 0 Å². The Morgan fingerprint density at radius 2 is 2.00 bits per heavy atom. The summed E-state index contributed by atoms with van der Waals surface area (Å²) in [7, 11) is 0. The molecule has 2 aromatic rings. The van der Waals surface area contributed by atoms with Gasteiger partial charge in [0.25, 0.3) is 0 Å². The molecule has 0 saturated heterocycles. The number of aromatic amines is 1. The number of nitrogens with two attached hydrogens (primary N) is 1. The zero-order valence-corrected chi connectivity index (χ0v) is 7.31. The van der Waals surface area contributed by atoms with Crippen molar-refractivity contribution in [3.05, 3.63) is 29.5 Å². The quantitative estimate of drug-likeness (QED) is 0.610. The molecule has 1 heterocycles. The van der Waals surface area contributed by atoms with Crippen molar-refractivity contribution in [3.63, 3.8) is 0 Å². The minimum absolute atomic E-state index is 0.827. The van der Waals surface area contributed by atoms with Crippen molar-refractivity contribution < 1.29 is 0 Å². The first kappa shape index (κ1) is 7.22. The number of fused-ring (bicyclic) bond motifs is 1. The highest BCUT2D eigenvalue weighted by Gasteiger charge is 2.03. The van der Waals surface area contributed by atoms with Crippen LogP contribution < -0.4 is 5.73 Å². The van der Waals surface area contributed by atoms with Gasteiger partial charge in [-0.25, -0.2) is 0 Å². The number of aromatic nitrogens is 1. The molecule has 0 atom stereocenters. The molecule has 0 fully saturated rings. The summed E-state index contributed by atoms with van der Waals surface area (Å²) < 4.78 is 0. The normalized spacial score (nSPS) is 10.8. The predicted molar refractivity (Wildman–Crippen MR) is 52.2 cm³/mol. The minimum atomic E-state index is 0.827. The summed E-state index contributed by atoms with van der Waals surface area (Å²) in [5.41, 5.74) is 10.3. The lowest BCUT2D eigenvalue weighted by Crippen LogP contribution is -1.83. The third-order valence-corrected chi connectivity index (χ3v) is 2.42. The van der Waals surface area contributed by atoms with Gasteiger partial charge in [-0.05, 0) is 25.0 Å². The first-order valence-corrected chi connectivity index (χ1v) is 4.03. The maximum absolute atomic E-state index is 5.76. The van der Waals surface area contributed by atoms with E-state index >= 15 is 0 Å². The Balaban J connectivity index is 2.93. The highest BCUT2D eigenvalue weighted by molar-refractivity contribution is 5.93. The summed E-state index contributed by atoms with van der Waals surface area (Å²) in [5.74, 6) is 0. The Kier molecular flexibility index (Phi) is 1.37. The van der Waals surface area contributed by atoms with Crippen LogP contribution in [0.2, 0.25) is 0 Å². The fraction of sp³-hybridized carbons (Fsp3) is 0.200. The molecule has 1 aromatic heterocycles. The van der Waals surface area contributed by atoms with Gasteiger partial charge in [-0.15, -0.1) is 0 Å². The van der Waals surface area contributed by atoms with E-state index in [1.165, 1.54) is 11.1 Å². The Hall–Kier alpha value is -1.44. The van der Waals surface area contributed by atoms with Crippen LogP contribution in [-0.4, -0.2) is 4.98 Å². The van der Waals surface area contributed by atoms with Crippen LogP contribution in [0.4, 0.5) is 5.69 Å². The Morgan fingerprint density at radius 1 is 1.25 bits per heavy atom. The van der Waals surface area contributed by atoms with E-state index in [1.54, 1.807) is 0 Å². The molecule has 3 N–H and O–H groups in total. The first-order valence-electron chi connectivity index (χ1n) is 4.03. The summed E-state index contributed by atoms with van der Waals surface area (Å²) in [4.78, 5) is 3.17. The second kappa shape index (κ2) is 2.27. The van der Waals surface area contributed by atoms with Gasteiger partial charge >= 0.3 is 0 Å². The van der Waals surface area contributed by atoms with Crippen molar-refractivity contribution in [1.82, 2.24) is 4.98 Å². The number of H-pyrrole nitrogens is 1. The minimum Gasteiger partial charge on any atom is -0.397 e. The van der Waals surface area contributed by atoms with Gasteiger partial charge < -0.3 is 10.7 Å². The van der Waals surface area contributed by atoms with Crippen LogP contribution in [0.25, 0.3) is 10.9 Å². The second-order valence-electron chi connectivity index (χ2n) is 3.17. The van der Waals surface area contributed by atoms with E-state index in [2.05, 4.69) is 31.0 Å². The van der Waals surface area contributed by atoms with Crippen LogP contribution in [0, 0.1) is 13.8 Å². The zero-order chi connectivity index (χ0) is 8.72.